The highest BCUT2D eigenvalue weighted by Gasteiger charge is 2.43. The topological polar surface area (TPSA) is 24.7 Å². The molecule has 2 heterocycles. The summed E-state index contributed by atoms with van der Waals surface area (Å²) in [6.45, 7) is 11.4. The third-order valence-corrected chi connectivity index (χ3v) is 10.0. The molecule has 2 heteroatoms. The van der Waals surface area contributed by atoms with Crippen LogP contribution in [0.1, 0.15) is 103 Å². The molecule has 2 nitrogen and oxygen atoms in total. The van der Waals surface area contributed by atoms with Crippen molar-refractivity contribution in [2.45, 2.75) is 91.4 Å². The standard InChI is InChI=1S/C40H42N2/c1-6-16-40(17-7-2)34-21-28(38-22-29-12-10-26(8-3)19-36(29)41-38)14-15-31(34)33-18-25(5)32(24-35(33)40)39-23-30-13-11-27(9-4)20-37(30)42-39/h10-15,18-21,24H,6-9,16-17,22-23H2,1-5H3. The van der Waals surface area contributed by atoms with E-state index in [0.717, 1.165) is 62.7 Å². The molecule has 0 unspecified atom stereocenters. The molecule has 4 aromatic rings. The summed E-state index contributed by atoms with van der Waals surface area (Å²) in [5, 5.41) is 0. The number of aliphatic imine (C=N–C) groups is 2. The molecule has 2 aliphatic heterocycles. The molecule has 0 bridgehead atoms. The van der Waals surface area contributed by atoms with Crippen LogP contribution < -0.4 is 0 Å². The van der Waals surface area contributed by atoms with Crippen LogP contribution in [0.15, 0.2) is 76.7 Å². The zero-order valence-electron chi connectivity index (χ0n) is 25.9. The monoisotopic (exact) mass is 550 g/mol. The lowest BCUT2D eigenvalue weighted by Crippen LogP contribution is -2.26. The Kier molecular flexibility index (Phi) is 6.76. The first-order valence-corrected chi connectivity index (χ1v) is 16.2. The molecule has 1 aliphatic carbocycles. The Bertz CT molecular complexity index is 1780. The molecule has 0 fully saturated rings. The number of nitrogens with zero attached hydrogens (tertiary/aromatic N) is 2. The fraction of sp³-hybridized carbons (Fsp3) is 0.350. The predicted octanol–water partition coefficient (Wildman–Crippen LogP) is 10.3. The minimum atomic E-state index is 0.0232. The van der Waals surface area contributed by atoms with Gasteiger partial charge in [0.1, 0.15) is 0 Å². The van der Waals surface area contributed by atoms with E-state index in [4.69, 9.17) is 9.98 Å². The number of rotatable bonds is 8. The maximum atomic E-state index is 5.20. The van der Waals surface area contributed by atoms with Crippen LogP contribution in [0.5, 0.6) is 0 Å². The van der Waals surface area contributed by atoms with Gasteiger partial charge in [-0.05, 0) is 118 Å². The van der Waals surface area contributed by atoms with Crippen LogP contribution in [0.4, 0.5) is 11.4 Å². The van der Waals surface area contributed by atoms with E-state index in [-0.39, 0.29) is 5.41 Å². The van der Waals surface area contributed by atoms with Gasteiger partial charge in [-0.3, -0.25) is 9.98 Å². The number of fused-ring (bicyclic) bond motifs is 5. The van der Waals surface area contributed by atoms with Gasteiger partial charge in [0.15, 0.2) is 0 Å². The van der Waals surface area contributed by atoms with Gasteiger partial charge < -0.3 is 0 Å². The average Bonchev–Trinajstić information content (AvgIpc) is 3.69. The largest absolute Gasteiger partial charge is 0.252 e. The van der Waals surface area contributed by atoms with Crippen LogP contribution in [0.25, 0.3) is 11.1 Å². The lowest BCUT2D eigenvalue weighted by Gasteiger charge is -2.32. The fourth-order valence-corrected chi connectivity index (χ4v) is 7.87. The molecule has 0 atom stereocenters. The summed E-state index contributed by atoms with van der Waals surface area (Å²) in [6.07, 6.45) is 8.57. The van der Waals surface area contributed by atoms with Crippen molar-refractivity contribution >= 4 is 22.8 Å². The Morgan fingerprint density at radius 3 is 1.81 bits per heavy atom. The lowest BCUT2D eigenvalue weighted by molar-refractivity contribution is 0.435. The zero-order chi connectivity index (χ0) is 29.0. The molecule has 0 saturated heterocycles. The van der Waals surface area contributed by atoms with E-state index in [1.54, 1.807) is 0 Å². The Morgan fingerprint density at radius 1 is 0.595 bits per heavy atom. The molecule has 0 radical (unpaired) electrons. The van der Waals surface area contributed by atoms with Crippen LogP contribution in [0, 0.1) is 6.92 Å². The van der Waals surface area contributed by atoms with Crippen LogP contribution >= 0.6 is 0 Å². The van der Waals surface area contributed by atoms with Gasteiger partial charge in [-0.25, -0.2) is 0 Å². The highest BCUT2D eigenvalue weighted by molar-refractivity contribution is 6.09. The molecule has 4 aromatic carbocycles. The van der Waals surface area contributed by atoms with E-state index in [9.17, 15) is 0 Å². The van der Waals surface area contributed by atoms with Crippen molar-refractivity contribution in [3.8, 4) is 11.1 Å². The summed E-state index contributed by atoms with van der Waals surface area (Å²) < 4.78 is 0. The van der Waals surface area contributed by atoms with Gasteiger partial charge in [0.05, 0.1) is 22.8 Å². The van der Waals surface area contributed by atoms with Crippen molar-refractivity contribution in [3.05, 3.63) is 117 Å². The van der Waals surface area contributed by atoms with E-state index >= 15 is 0 Å². The van der Waals surface area contributed by atoms with Crippen LogP contribution in [0.3, 0.4) is 0 Å². The van der Waals surface area contributed by atoms with Gasteiger partial charge >= 0.3 is 0 Å². The SMILES string of the molecule is CCCC1(CCC)c2cc(C3=Nc4cc(CC)ccc4C3)ccc2-c2cc(C)c(C3=Nc4cc(CC)ccc4C3)cc21. The normalized spacial score (nSPS) is 15.6. The maximum Gasteiger partial charge on any atom is 0.0672 e. The fourth-order valence-electron chi connectivity index (χ4n) is 7.87. The maximum absolute atomic E-state index is 5.20. The Morgan fingerprint density at radius 2 is 1.19 bits per heavy atom. The zero-order valence-corrected chi connectivity index (χ0v) is 25.9. The number of aryl methyl sites for hydroxylation is 3. The number of hydrogen-bond donors (Lipinski definition) is 0. The molecule has 212 valence electrons. The predicted molar refractivity (Wildman–Crippen MR) is 179 cm³/mol. The smallest absolute Gasteiger partial charge is 0.0672 e. The molecule has 0 aromatic heterocycles. The van der Waals surface area contributed by atoms with Crippen LogP contribution in [-0.4, -0.2) is 11.4 Å². The third-order valence-electron chi connectivity index (χ3n) is 10.0. The van der Waals surface area contributed by atoms with Crippen molar-refractivity contribution in [1.82, 2.24) is 0 Å². The number of hydrogen-bond acceptors (Lipinski definition) is 2. The first-order valence-electron chi connectivity index (χ1n) is 16.2. The second-order valence-corrected chi connectivity index (χ2v) is 12.7. The highest BCUT2D eigenvalue weighted by atomic mass is 14.8. The Hall–Kier alpha value is -3.78. The van der Waals surface area contributed by atoms with E-state index in [1.165, 1.54) is 72.6 Å². The average molecular weight is 551 g/mol. The van der Waals surface area contributed by atoms with Gasteiger partial charge in [-0.15, -0.1) is 0 Å². The summed E-state index contributed by atoms with van der Waals surface area (Å²) in [7, 11) is 0. The minimum Gasteiger partial charge on any atom is -0.252 e. The quantitative estimate of drug-likeness (QED) is 0.208. The summed E-state index contributed by atoms with van der Waals surface area (Å²) in [5.74, 6) is 0. The van der Waals surface area contributed by atoms with Crippen molar-refractivity contribution < 1.29 is 0 Å². The second-order valence-electron chi connectivity index (χ2n) is 12.7. The number of benzene rings is 4. The molecule has 0 amide bonds. The van der Waals surface area contributed by atoms with E-state index in [2.05, 4.69) is 101 Å². The van der Waals surface area contributed by atoms with Crippen LogP contribution in [-0.2, 0) is 31.1 Å². The van der Waals surface area contributed by atoms with E-state index in [1.807, 2.05) is 0 Å². The Labute approximate surface area is 251 Å². The van der Waals surface area contributed by atoms with Crippen molar-refractivity contribution in [3.63, 3.8) is 0 Å². The summed E-state index contributed by atoms with van der Waals surface area (Å²) in [4.78, 5) is 10.4. The molecule has 42 heavy (non-hydrogen) atoms. The minimum absolute atomic E-state index is 0.0232. The summed E-state index contributed by atoms with van der Waals surface area (Å²) in [6, 6.07) is 25.9. The molecule has 0 saturated carbocycles. The molecular weight excluding hydrogens is 508 g/mol. The Balaban J connectivity index is 1.33. The lowest BCUT2D eigenvalue weighted by atomic mass is 9.70. The summed E-state index contributed by atoms with van der Waals surface area (Å²) in [5.41, 5.74) is 20.0. The molecule has 3 aliphatic rings. The van der Waals surface area contributed by atoms with Crippen molar-refractivity contribution in [2.24, 2.45) is 9.98 Å². The van der Waals surface area contributed by atoms with Gasteiger partial charge in [-0.2, -0.15) is 0 Å². The second kappa shape index (κ2) is 10.5. The molecule has 0 N–H and O–H groups in total. The summed E-state index contributed by atoms with van der Waals surface area (Å²) >= 11 is 0. The van der Waals surface area contributed by atoms with Gasteiger partial charge in [-0.1, -0.05) is 83.0 Å². The van der Waals surface area contributed by atoms with Gasteiger partial charge in [0.2, 0.25) is 0 Å². The van der Waals surface area contributed by atoms with Gasteiger partial charge in [0.25, 0.3) is 0 Å². The van der Waals surface area contributed by atoms with Crippen LogP contribution in [0.2, 0.25) is 0 Å². The first-order chi connectivity index (χ1) is 20.5. The van der Waals surface area contributed by atoms with E-state index < -0.39 is 0 Å². The molecule has 0 spiro atoms. The van der Waals surface area contributed by atoms with E-state index in [0.29, 0.717) is 0 Å². The van der Waals surface area contributed by atoms with Crippen molar-refractivity contribution in [2.75, 3.05) is 0 Å². The van der Waals surface area contributed by atoms with Gasteiger partial charge in [0, 0.05) is 18.3 Å². The van der Waals surface area contributed by atoms with Crippen molar-refractivity contribution in [1.29, 1.82) is 0 Å². The molecule has 7 rings (SSSR count). The molecular formula is C40H42N2. The first kappa shape index (κ1) is 27.1. The highest BCUT2D eigenvalue weighted by Crippen LogP contribution is 2.55. The third kappa shape index (κ3) is 4.22.